The number of hydrogen-bond donors (Lipinski definition) is 2. The van der Waals surface area contributed by atoms with E-state index in [2.05, 4.69) is 5.43 Å². The van der Waals surface area contributed by atoms with Crippen molar-refractivity contribution in [3.05, 3.63) is 142 Å². The van der Waals surface area contributed by atoms with Crippen molar-refractivity contribution in [2.75, 3.05) is 17.4 Å². The highest BCUT2D eigenvalue weighted by Crippen LogP contribution is 2.61. The molecule has 2 heterocycles. The average molecular weight is 725 g/mol. The molecule has 8 rings (SSSR count). The number of methoxy groups -OCH3 is 1. The first-order chi connectivity index (χ1) is 26.0. The number of carbonyl (C=O) groups excluding carboxylic acids is 4. The molecule has 2 aliphatic heterocycles. The molecule has 3 fully saturated rings. The maximum Gasteiger partial charge on any atom is 0.269 e. The molecule has 4 aromatic carbocycles. The lowest BCUT2D eigenvalue weighted by atomic mass is 9.50. The van der Waals surface area contributed by atoms with Gasteiger partial charge in [0.15, 0.2) is 11.5 Å². The number of fused-ring (bicyclic) bond motifs is 4. The number of imide groups is 2. The third-order valence-electron chi connectivity index (χ3n) is 11.5. The number of ether oxygens (including phenoxy) is 1. The summed E-state index contributed by atoms with van der Waals surface area (Å²) in [5, 5.41) is 22.7. The molecule has 4 aromatic rings. The summed E-state index contributed by atoms with van der Waals surface area (Å²) in [5.41, 5.74) is 5.39. The number of nitrogens with one attached hydrogen (secondary N) is 1. The molecule has 0 radical (unpaired) electrons. The molecule has 4 amide bonds. The van der Waals surface area contributed by atoms with Crippen LogP contribution in [0.2, 0.25) is 0 Å². The Hall–Kier alpha value is -6.56. The van der Waals surface area contributed by atoms with Crippen LogP contribution in [0.1, 0.15) is 29.5 Å². The van der Waals surface area contributed by atoms with Gasteiger partial charge in [0.1, 0.15) is 0 Å². The van der Waals surface area contributed by atoms with Crippen molar-refractivity contribution in [3.63, 3.8) is 0 Å². The summed E-state index contributed by atoms with van der Waals surface area (Å²) in [6.45, 7) is 1.94. The van der Waals surface area contributed by atoms with Gasteiger partial charge in [-0.25, -0.2) is 0 Å². The van der Waals surface area contributed by atoms with Gasteiger partial charge in [-0.15, -0.1) is 0 Å². The van der Waals surface area contributed by atoms with E-state index < -0.39 is 63.6 Å². The van der Waals surface area contributed by atoms with Gasteiger partial charge < -0.3 is 9.84 Å². The Morgan fingerprint density at radius 2 is 1.63 bits per heavy atom. The molecule has 4 aliphatic rings. The molecule has 0 aromatic heterocycles. The largest absolute Gasteiger partial charge is 0.504 e. The molecular weight excluding hydrogens is 688 g/mol. The third-order valence-corrected chi connectivity index (χ3v) is 11.5. The van der Waals surface area contributed by atoms with Gasteiger partial charge in [-0.2, -0.15) is 5.01 Å². The quantitative estimate of drug-likeness (QED) is 0.0914. The van der Waals surface area contributed by atoms with Crippen LogP contribution in [0.3, 0.4) is 0 Å². The summed E-state index contributed by atoms with van der Waals surface area (Å²) >= 11 is 0. The summed E-state index contributed by atoms with van der Waals surface area (Å²) in [5.74, 6) is -5.30. The predicted octanol–water partition coefficient (Wildman–Crippen LogP) is 6.35. The monoisotopic (exact) mass is 724 g/mol. The van der Waals surface area contributed by atoms with Gasteiger partial charge in [-0.3, -0.25) is 39.6 Å². The number of hydrogen-bond acceptors (Lipinski definition) is 9. The molecule has 0 spiro atoms. The van der Waals surface area contributed by atoms with Crippen molar-refractivity contribution in [1.82, 2.24) is 5.01 Å². The van der Waals surface area contributed by atoms with Crippen LogP contribution in [0.25, 0.3) is 6.08 Å². The molecule has 6 unspecified atom stereocenters. The van der Waals surface area contributed by atoms with E-state index in [0.717, 1.165) is 21.0 Å². The zero-order valence-electron chi connectivity index (χ0n) is 29.4. The number of amides is 4. The lowest BCUT2D eigenvalue weighted by Crippen LogP contribution is -2.54. The number of allylic oxidation sites excluding steroid dienone is 3. The molecule has 0 bridgehead atoms. The van der Waals surface area contributed by atoms with Crippen molar-refractivity contribution in [2.45, 2.75) is 25.2 Å². The molecular formula is C42H36N4O8. The molecule has 12 nitrogen and oxygen atoms in total. The van der Waals surface area contributed by atoms with Crippen LogP contribution in [0, 0.1) is 46.6 Å². The first-order valence-corrected chi connectivity index (χ1v) is 17.7. The van der Waals surface area contributed by atoms with Gasteiger partial charge in [0, 0.05) is 18.1 Å². The fourth-order valence-corrected chi connectivity index (χ4v) is 8.98. The van der Waals surface area contributed by atoms with Crippen molar-refractivity contribution >= 4 is 46.8 Å². The Labute approximate surface area is 310 Å². The second-order valence-corrected chi connectivity index (χ2v) is 14.2. The Kier molecular flexibility index (Phi) is 8.40. The van der Waals surface area contributed by atoms with Crippen molar-refractivity contribution < 1.29 is 33.9 Å². The van der Waals surface area contributed by atoms with Crippen LogP contribution >= 0.6 is 0 Å². The van der Waals surface area contributed by atoms with E-state index in [-0.39, 0.29) is 35.7 Å². The lowest BCUT2D eigenvalue weighted by molar-refractivity contribution is -0.384. The minimum atomic E-state index is -1.42. The number of nitro benzene ring substituents is 1. The van der Waals surface area contributed by atoms with E-state index in [4.69, 9.17) is 4.74 Å². The van der Waals surface area contributed by atoms with E-state index in [1.54, 1.807) is 24.3 Å². The number of hydrazine groups is 1. The van der Waals surface area contributed by atoms with E-state index in [1.807, 2.05) is 67.6 Å². The van der Waals surface area contributed by atoms with Crippen molar-refractivity contribution in [3.8, 4) is 11.5 Å². The zero-order valence-corrected chi connectivity index (χ0v) is 29.4. The number of phenolic OH excluding ortho intramolecular Hbond substituents is 1. The molecule has 54 heavy (non-hydrogen) atoms. The predicted molar refractivity (Wildman–Crippen MR) is 199 cm³/mol. The third kappa shape index (κ3) is 5.27. The zero-order chi connectivity index (χ0) is 37.9. The number of nitrogens with zero attached hydrogens (tertiary/aromatic N) is 3. The highest BCUT2D eigenvalue weighted by molar-refractivity contribution is 6.22. The average Bonchev–Trinajstić information content (AvgIpc) is 3.56. The van der Waals surface area contributed by atoms with E-state index in [9.17, 15) is 29.6 Å². The van der Waals surface area contributed by atoms with Gasteiger partial charge >= 0.3 is 0 Å². The van der Waals surface area contributed by atoms with Crippen LogP contribution in [0.15, 0.2) is 115 Å². The maximum absolute atomic E-state index is 15.2. The van der Waals surface area contributed by atoms with Crippen molar-refractivity contribution in [1.29, 1.82) is 0 Å². The fraction of sp³-hybridized carbons (Fsp3) is 0.238. The summed E-state index contributed by atoms with van der Waals surface area (Å²) in [6.07, 6.45) is 6.02. The second kappa shape index (κ2) is 13.1. The fourth-order valence-electron chi connectivity index (χ4n) is 8.98. The van der Waals surface area contributed by atoms with Crippen LogP contribution in [-0.2, 0) is 24.6 Å². The van der Waals surface area contributed by atoms with Gasteiger partial charge in [0.25, 0.3) is 17.5 Å². The summed E-state index contributed by atoms with van der Waals surface area (Å²) in [4.78, 5) is 70.3. The highest BCUT2D eigenvalue weighted by atomic mass is 16.6. The number of nitro groups is 1. The van der Waals surface area contributed by atoms with E-state index >= 15 is 4.79 Å². The SMILES string of the molecule is COc1cc(C=CC2C3=CCC4C(=O)N(c5ccc([N+](=O)[O-])cc5)C(=O)C4C3CC3C(=O)N(Nc4ccc(C)cc4)C(=O)C23c2ccccc2)ccc1O. The van der Waals surface area contributed by atoms with E-state index in [1.165, 1.54) is 37.4 Å². The topological polar surface area (TPSA) is 159 Å². The molecule has 12 heteroatoms. The minimum Gasteiger partial charge on any atom is -0.504 e. The number of carbonyl (C=O) groups is 4. The summed E-state index contributed by atoms with van der Waals surface area (Å²) in [7, 11) is 1.45. The van der Waals surface area contributed by atoms with Gasteiger partial charge in [0.05, 0.1) is 46.6 Å². The van der Waals surface area contributed by atoms with Crippen molar-refractivity contribution in [2.24, 2.45) is 29.6 Å². The molecule has 6 atom stereocenters. The Morgan fingerprint density at radius 3 is 2.31 bits per heavy atom. The van der Waals surface area contributed by atoms with Gasteiger partial charge in [-0.05, 0) is 73.2 Å². The van der Waals surface area contributed by atoms with Crippen LogP contribution in [-0.4, -0.2) is 45.8 Å². The molecule has 2 saturated heterocycles. The van der Waals surface area contributed by atoms with Crippen LogP contribution in [0.4, 0.5) is 17.1 Å². The van der Waals surface area contributed by atoms with E-state index in [0.29, 0.717) is 16.8 Å². The molecule has 1 saturated carbocycles. The highest BCUT2D eigenvalue weighted by Gasteiger charge is 2.69. The molecule has 2 N–H and O–H groups in total. The number of non-ortho nitro benzene ring substituents is 1. The maximum atomic E-state index is 15.2. The first kappa shape index (κ1) is 34.5. The minimum absolute atomic E-state index is 0.0365. The standard InChI is InChI=1S/C42H36N4O8/c1-24-8-12-27(13-9-24)43-45-39(49)34-23-32-30(18-19-31-37(32)40(50)44(38(31)48)28-14-16-29(17-15-28)46(52)53)33(20-10-25-11-21-35(47)36(22-25)54-2)42(34,41(45)51)26-6-4-3-5-7-26/h3-18,20-22,31-34,37,43,47H,19,23H2,1-2H3. The summed E-state index contributed by atoms with van der Waals surface area (Å²) < 4.78 is 5.35. The molecule has 2 aliphatic carbocycles. The number of rotatable bonds is 8. The van der Waals surface area contributed by atoms with Gasteiger partial charge in [0.2, 0.25) is 11.8 Å². The Balaban J connectivity index is 1.27. The molecule has 272 valence electrons. The number of phenols is 1. The second-order valence-electron chi connectivity index (χ2n) is 14.2. The Morgan fingerprint density at radius 1 is 0.907 bits per heavy atom. The lowest BCUT2D eigenvalue weighted by Gasteiger charge is -2.49. The van der Waals surface area contributed by atoms with Gasteiger partial charge in [-0.1, -0.05) is 77.9 Å². The number of aryl methyl sites for hydroxylation is 1. The normalized spacial score (nSPS) is 26.0. The van der Waals surface area contributed by atoms with Crippen LogP contribution < -0.4 is 15.1 Å². The van der Waals surface area contributed by atoms with Crippen LogP contribution in [0.5, 0.6) is 11.5 Å². The Bertz CT molecular complexity index is 2270. The first-order valence-electron chi connectivity index (χ1n) is 17.7. The number of benzene rings is 4. The number of anilines is 2. The number of aromatic hydroxyl groups is 1. The summed E-state index contributed by atoms with van der Waals surface area (Å²) in [6, 6.07) is 26.8. The smallest absolute Gasteiger partial charge is 0.269 e.